The zero-order valence-corrected chi connectivity index (χ0v) is 19.8. The summed E-state index contributed by atoms with van der Waals surface area (Å²) in [5, 5.41) is 19.8. The van der Waals surface area contributed by atoms with E-state index in [1.165, 1.54) is 32.1 Å². The number of aryl methyl sites for hydroxylation is 1. The first kappa shape index (κ1) is 23.8. The lowest BCUT2D eigenvalue weighted by atomic mass is 9.85. The predicted octanol–water partition coefficient (Wildman–Crippen LogP) is 5.82. The molecule has 0 aromatic heterocycles. The minimum atomic E-state index is -0.924. The van der Waals surface area contributed by atoms with Crippen LogP contribution >= 0.6 is 11.8 Å². The topological polar surface area (TPSA) is 77.8 Å². The van der Waals surface area contributed by atoms with Gasteiger partial charge in [-0.25, -0.2) is 4.79 Å². The highest BCUT2D eigenvalue weighted by Gasteiger charge is 2.32. The Morgan fingerprint density at radius 3 is 2.36 bits per heavy atom. The fraction of sp³-hybridized carbons (Fsp3) is 0.481. The third-order valence-corrected chi connectivity index (χ3v) is 8.21. The number of benzene rings is 2. The normalized spacial score (nSPS) is 20.2. The van der Waals surface area contributed by atoms with Crippen molar-refractivity contribution >= 4 is 29.3 Å². The Labute approximate surface area is 200 Å². The number of amides is 1. The van der Waals surface area contributed by atoms with Crippen LogP contribution in [0.25, 0.3) is 0 Å². The van der Waals surface area contributed by atoms with Crippen LogP contribution in [0.2, 0.25) is 0 Å². The Bertz CT molecular complexity index is 938. The molecule has 4 rings (SSSR count). The van der Waals surface area contributed by atoms with Crippen molar-refractivity contribution in [1.29, 1.82) is 0 Å². The smallest absolute Gasteiger partial charge is 0.335 e. The summed E-state index contributed by atoms with van der Waals surface area (Å²) in [6, 6.07) is 14.8. The summed E-state index contributed by atoms with van der Waals surface area (Å²) in [4.78, 5) is 25.5. The molecule has 2 aromatic carbocycles. The van der Waals surface area contributed by atoms with Gasteiger partial charge < -0.3 is 10.2 Å². The first-order valence-corrected chi connectivity index (χ1v) is 13.1. The third-order valence-electron chi connectivity index (χ3n) is 6.97. The van der Waals surface area contributed by atoms with E-state index in [-0.39, 0.29) is 16.8 Å². The molecule has 2 unspecified atom stereocenters. The number of nitrogens with zero attached hydrogens (tertiary/aromatic N) is 1. The number of aliphatic hydroxyl groups is 1. The molecule has 2 fully saturated rings. The number of aliphatic hydroxyl groups excluding tert-OH is 1. The average Bonchev–Trinajstić information content (AvgIpc) is 3.22. The maximum absolute atomic E-state index is 12.6. The lowest BCUT2D eigenvalue weighted by molar-refractivity contribution is -0.115. The van der Waals surface area contributed by atoms with Crippen LogP contribution in [0.1, 0.15) is 79.0 Å². The van der Waals surface area contributed by atoms with Crippen molar-refractivity contribution in [2.24, 2.45) is 5.92 Å². The largest absolute Gasteiger partial charge is 0.478 e. The van der Waals surface area contributed by atoms with Crippen LogP contribution in [0.15, 0.2) is 48.5 Å². The number of hydrogen-bond acceptors (Lipinski definition) is 4. The van der Waals surface area contributed by atoms with Crippen LogP contribution in [-0.4, -0.2) is 33.2 Å². The number of carbonyl (C=O) groups is 2. The zero-order chi connectivity index (χ0) is 23.2. The fourth-order valence-electron chi connectivity index (χ4n) is 4.99. The van der Waals surface area contributed by atoms with Crippen LogP contribution in [0.3, 0.4) is 0 Å². The molecule has 1 aliphatic heterocycles. The Balaban J connectivity index is 1.34. The molecule has 5 nitrogen and oxygen atoms in total. The summed E-state index contributed by atoms with van der Waals surface area (Å²) in [5.41, 5.74) is 3.14. The van der Waals surface area contributed by atoms with Crippen molar-refractivity contribution in [3.63, 3.8) is 0 Å². The molecule has 2 aliphatic rings. The van der Waals surface area contributed by atoms with E-state index < -0.39 is 12.1 Å². The number of aromatic carboxylic acids is 1. The second-order valence-electron chi connectivity index (χ2n) is 9.26. The van der Waals surface area contributed by atoms with E-state index >= 15 is 0 Å². The van der Waals surface area contributed by atoms with Crippen molar-refractivity contribution in [3.05, 3.63) is 65.2 Å². The first-order valence-electron chi connectivity index (χ1n) is 12.0. The minimum Gasteiger partial charge on any atom is -0.478 e. The Morgan fingerprint density at radius 1 is 1.00 bits per heavy atom. The van der Waals surface area contributed by atoms with Gasteiger partial charge in [0, 0.05) is 5.69 Å². The number of carboxylic acid groups (broad SMARTS) is 1. The fourth-order valence-corrected chi connectivity index (χ4v) is 6.14. The van der Waals surface area contributed by atoms with Gasteiger partial charge in [0.15, 0.2) is 0 Å². The molecule has 176 valence electrons. The van der Waals surface area contributed by atoms with Gasteiger partial charge in [-0.2, -0.15) is 0 Å². The highest BCUT2D eigenvalue weighted by atomic mass is 32.2. The standard InChI is InChI=1S/C27H33NO4S/c29-24(16-8-19-4-2-1-3-5-19)21-12-14-23(15-13-21)28-25(30)18-33-26(28)17-9-20-6-10-22(11-7-20)27(31)32/h6-7,10-15,19,24,26,29H,1-5,8-9,16-18H2,(H,31,32). The number of hydrogen-bond donors (Lipinski definition) is 2. The van der Waals surface area contributed by atoms with Crippen molar-refractivity contribution < 1.29 is 19.8 Å². The molecule has 1 heterocycles. The van der Waals surface area contributed by atoms with Gasteiger partial charge in [-0.1, -0.05) is 56.4 Å². The van der Waals surface area contributed by atoms with E-state index in [4.69, 9.17) is 5.11 Å². The van der Waals surface area contributed by atoms with Crippen LogP contribution in [0, 0.1) is 5.92 Å². The maximum Gasteiger partial charge on any atom is 0.335 e. The summed E-state index contributed by atoms with van der Waals surface area (Å²) < 4.78 is 0. The minimum absolute atomic E-state index is 0.0544. The quantitative estimate of drug-likeness (QED) is 0.486. The van der Waals surface area contributed by atoms with E-state index in [0.29, 0.717) is 5.75 Å². The lowest BCUT2D eigenvalue weighted by Gasteiger charge is -2.25. The number of carboxylic acids is 1. The molecule has 1 amide bonds. The molecule has 6 heteroatoms. The van der Waals surface area contributed by atoms with Gasteiger partial charge in [0.05, 0.1) is 22.8 Å². The maximum atomic E-state index is 12.6. The number of rotatable bonds is 9. The van der Waals surface area contributed by atoms with Crippen molar-refractivity contribution in [2.45, 2.75) is 69.3 Å². The van der Waals surface area contributed by atoms with Crippen LogP contribution in [0.5, 0.6) is 0 Å². The van der Waals surface area contributed by atoms with E-state index in [1.54, 1.807) is 23.9 Å². The zero-order valence-electron chi connectivity index (χ0n) is 19.0. The summed E-state index contributed by atoms with van der Waals surface area (Å²) in [6.07, 6.45) is 9.61. The van der Waals surface area contributed by atoms with Crippen LogP contribution in [-0.2, 0) is 11.2 Å². The highest BCUT2D eigenvalue weighted by Crippen LogP contribution is 2.35. The number of carbonyl (C=O) groups excluding carboxylic acids is 1. The molecule has 2 atom stereocenters. The van der Waals surface area contributed by atoms with Gasteiger partial charge in [0.1, 0.15) is 0 Å². The molecule has 0 bridgehead atoms. The lowest BCUT2D eigenvalue weighted by Crippen LogP contribution is -2.32. The Morgan fingerprint density at radius 2 is 1.70 bits per heavy atom. The molecule has 0 spiro atoms. The number of anilines is 1. The predicted molar refractivity (Wildman–Crippen MR) is 133 cm³/mol. The summed E-state index contributed by atoms with van der Waals surface area (Å²) in [5.74, 6) is 0.408. The molecule has 0 radical (unpaired) electrons. The van der Waals surface area contributed by atoms with Gasteiger partial charge in [0.2, 0.25) is 5.91 Å². The molecule has 1 saturated heterocycles. The molecule has 2 N–H and O–H groups in total. The van der Waals surface area contributed by atoms with Gasteiger partial charge in [-0.3, -0.25) is 9.69 Å². The summed E-state index contributed by atoms with van der Waals surface area (Å²) >= 11 is 1.65. The van der Waals surface area contributed by atoms with Gasteiger partial charge in [-0.05, 0) is 67.0 Å². The van der Waals surface area contributed by atoms with Crippen LogP contribution < -0.4 is 4.90 Å². The van der Waals surface area contributed by atoms with E-state index in [2.05, 4.69) is 0 Å². The molecule has 1 aliphatic carbocycles. The Hall–Kier alpha value is -2.31. The second-order valence-corrected chi connectivity index (χ2v) is 10.4. The monoisotopic (exact) mass is 467 g/mol. The van der Waals surface area contributed by atoms with E-state index in [9.17, 15) is 14.7 Å². The molecule has 1 saturated carbocycles. The van der Waals surface area contributed by atoms with E-state index in [1.807, 2.05) is 41.3 Å². The van der Waals surface area contributed by atoms with Gasteiger partial charge in [-0.15, -0.1) is 11.8 Å². The number of thioether (sulfide) groups is 1. The molecule has 2 aromatic rings. The van der Waals surface area contributed by atoms with Gasteiger partial charge in [0.25, 0.3) is 0 Å². The SMILES string of the molecule is O=C(O)c1ccc(CCC2SCC(=O)N2c2ccc(C(O)CCC3CCCCC3)cc2)cc1. The third kappa shape index (κ3) is 6.18. The average molecular weight is 468 g/mol. The van der Waals surface area contributed by atoms with Crippen LogP contribution in [0.4, 0.5) is 5.69 Å². The summed E-state index contributed by atoms with van der Waals surface area (Å²) in [7, 11) is 0. The van der Waals surface area contributed by atoms with Crippen molar-refractivity contribution in [3.8, 4) is 0 Å². The molecular weight excluding hydrogens is 434 g/mol. The van der Waals surface area contributed by atoms with E-state index in [0.717, 1.165) is 48.4 Å². The first-order chi connectivity index (χ1) is 16.0. The molecular formula is C27H33NO4S. The van der Waals surface area contributed by atoms with Crippen molar-refractivity contribution in [1.82, 2.24) is 0 Å². The second kappa shape index (κ2) is 11.2. The Kier molecular flexibility index (Phi) is 8.10. The molecule has 33 heavy (non-hydrogen) atoms. The summed E-state index contributed by atoms with van der Waals surface area (Å²) in [6.45, 7) is 0. The van der Waals surface area contributed by atoms with Crippen molar-refractivity contribution in [2.75, 3.05) is 10.7 Å². The highest BCUT2D eigenvalue weighted by molar-refractivity contribution is 8.01. The van der Waals surface area contributed by atoms with Gasteiger partial charge >= 0.3 is 5.97 Å².